The molecule has 1 aliphatic carbocycles. The fourth-order valence-corrected chi connectivity index (χ4v) is 4.07. The van der Waals surface area contributed by atoms with Gasteiger partial charge in [0.25, 0.3) is 0 Å². The van der Waals surface area contributed by atoms with Crippen LogP contribution in [-0.2, 0) is 4.79 Å². The smallest absolute Gasteiger partial charge is 0.161 e. The van der Waals surface area contributed by atoms with Crippen LogP contribution in [0.25, 0.3) is 0 Å². The minimum absolute atomic E-state index is 0.0809. The summed E-state index contributed by atoms with van der Waals surface area (Å²) in [5, 5.41) is 10.5. The molecule has 0 saturated heterocycles. The Hall–Kier alpha value is -3.03. The second kappa shape index (κ2) is 6.94. The average Bonchev–Trinajstić information content (AvgIpc) is 2.69. The number of ketones is 1. The summed E-state index contributed by atoms with van der Waals surface area (Å²) in [6.45, 7) is 0. The molecule has 4 nitrogen and oxygen atoms in total. The van der Waals surface area contributed by atoms with Crippen molar-refractivity contribution in [2.45, 2.75) is 25.2 Å². The molecule has 2 aromatic rings. The number of nitrogens with two attached hydrogens (primary N) is 1. The van der Waals surface area contributed by atoms with Gasteiger partial charge < -0.3 is 5.73 Å². The van der Waals surface area contributed by atoms with Crippen LogP contribution in [-0.4, -0.2) is 5.78 Å². The van der Waals surface area contributed by atoms with Gasteiger partial charge in [-0.15, -0.1) is 0 Å². The molecule has 1 unspecified atom stereocenters. The van der Waals surface area contributed by atoms with Gasteiger partial charge in [-0.2, -0.15) is 5.26 Å². The summed E-state index contributed by atoms with van der Waals surface area (Å²) in [5.74, 6) is 0.0181. The number of para-hydroxylation sites is 1. The topological polar surface area (TPSA) is 70.1 Å². The van der Waals surface area contributed by atoms with E-state index < -0.39 is 5.92 Å². The Bertz CT molecular complexity index is 1000. The van der Waals surface area contributed by atoms with Gasteiger partial charge >= 0.3 is 0 Å². The summed E-state index contributed by atoms with van der Waals surface area (Å²) in [4.78, 5) is 14.8. The molecule has 2 N–H and O–H groups in total. The standard InChI is InChI=1S/C22H18ClN3O/c23-15-11-9-14(10-12-15)20-17(13-24)22(25)26(16-5-2-1-3-6-16)18-7-4-8-19(27)21(18)20/h1-3,5-6,9-12,20H,4,7-8,25H2. The highest BCUT2D eigenvalue weighted by Gasteiger charge is 2.40. The number of Topliss-reactive ketones (excluding diaryl/α,β-unsaturated/α-hetero) is 1. The second-order valence-electron chi connectivity index (χ2n) is 6.70. The van der Waals surface area contributed by atoms with E-state index in [1.54, 1.807) is 12.1 Å². The van der Waals surface area contributed by atoms with E-state index in [9.17, 15) is 10.1 Å². The van der Waals surface area contributed by atoms with Crippen LogP contribution in [0, 0.1) is 11.3 Å². The van der Waals surface area contributed by atoms with Crippen molar-refractivity contribution in [2.24, 2.45) is 5.73 Å². The number of rotatable bonds is 2. The average molecular weight is 376 g/mol. The Morgan fingerprint density at radius 2 is 1.78 bits per heavy atom. The molecule has 1 atom stereocenters. The molecule has 2 aliphatic rings. The highest BCUT2D eigenvalue weighted by molar-refractivity contribution is 6.30. The van der Waals surface area contributed by atoms with E-state index in [1.807, 2.05) is 47.4 Å². The van der Waals surface area contributed by atoms with E-state index in [2.05, 4.69) is 6.07 Å². The first-order valence-corrected chi connectivity index (χ1v) is 9.26. The quantitative estimate of drug-likeness (QED) is 0.829. The minimum atomic E-state index is -0.449. The van der Waals surface area contributed by atoms with Crippen LogP contribution in [0.1, 0.15) is 30.7 Å². The van der Waals surface area contributed by atoms with Crippen molar-refractivity contribution in [2.75, 3.05) is 4.90 Å². The number of carbonyl (C=O) groups is 1. The Morgan fingerprint density at radius 1 is 1.07 bits per heavy atom. The molecule has 0 spiro atoms. The van der Waals surface area contributed by atoms with Crippen molar-refractivity contribution in [3.63, 3.8) is 0 Å². The van der Waals surface area contributed by atoms with Gasteiger partial charge in [-0.1, -0.05) is 41.9 Å². The molecule has 0 saturated carbocycles. The third-order valence-corrected chi connectivity index (χ3v) is 5.38. The molecule has 1 heterocycles. The monoisotopic (exact) mass is 375 g/mol. The largest absolute Gasteiger partial charge is 0.384 e. The number of benzene rings is 2. The zero-order valence-electron chi connectivity index (χ0n) is 14.7. The Balaban J connectivity index is 1.96. The predicted octanol–water partition coefficient (Wildman–Crippen LogP) is 4.64. The number of nitrogens with zero attached hydrogens (tertiary/aromatic N) is 2. The third-order valence-electron chi connectivity index (χ3n) is 5.13. The molecule has 4 rings (SSSR count). The van der Waals surface area contributed by atoms with Crippen molar-refractivity contribution in [3.8, 4) is 6.07 Å². The van der Waals surface area contributed by atoms with Crippen molar-refractivity contribution < 1.29 is 4.79 Å². The minimum Gasteiger partial charge on any atom is -0.384 e. The first-order valence-electron chi connectivity index (χ1n) is 8.88. The fraction of sp³-hybridized carbons (Fsp3) is 0.182. The van der Waals surface area contributed by atoms with Gasteiger partial charge in [0.15, 0.2) is 5.78 Å². The maximum atomic E-state index is 12.9. The van der Waals surface area contributed by atoms with Crippen molar-refractivity contribution >= 4 is 23.1 Å². The maximum absolute atomic E-state index is 12.9. The number of nitriles is 1. The van der Waals surface area contributed by atoms with Crippen LogP contribution >= 0.6 is 11.6 Å². The van der Waals surface area contributed by atoms with Gasteiger partial charge in [0.1, 0.15) is 5.82 Å². The number of carbonyl (C=O) groups excluding carboxylic acids is 1. The first kappa shape index (κ1) is 17.4. The molecule has 5 heteroatoms. The van der Waals surface area contributed by atoms with E-state index in [0.29, 0.717) is 28.4 Å². The zero-order chi connectivity index (χ0) is 19.0. The highest BCUT2D eigenvalue weighted by atomic mass is 35.5. The summed E-state index contributed by atoms with van der Waals surface area (Å²) >= 11 is 6.03. The first-order chi connectivity index (χ1) is 13.1. The van der Waals surface area contributed by atoms with Gasteiger partial charge in [-0.25, -0.2) is 0 Å². The molecule has 0 radical (unpaired) electrons. The van der Waals surface area contributed by atoms with E-state index >= 15 is 0 Å². The van der Waals surface area contributed by atoms with Crippen LogP contribution in [0.5, 0.6) is 0 Å². The Morgan fingerprint density at radius 3 is 2.44 bits per heavy atom. The number of hydrogen-bond acceptors (Lipinski definition) is 4. The maximum Gasteiger partial charge on any atom is 0.161 e. The normalized spacial score (nSPS) is 19.8. The van der Waals surface area contributed by atoms with Crippen LogP contribution < -0.4 is 10.6 Å². The van der Waals surface area contributed by atoms with Crippen LogP contribution in [0.15, 0.2) is 77.3 Å². The summed E-state index contributed by atoms with van der Waals surface area (Å²) in [5.41, 5.74) is 10.2. The lowest BCUT2D eigenvalue weighted by Crippen LogP contribution is -2.38. The molecule has 0 bridgehead atoms. The number of halogens is 1. The third kappa shape index (κ3) is 2.90. The molecular formula is C22H18ClN3O. The second-order valence-corrected chi connectivity index (χ2v) is 7.14. The van der Waals surface area contributed by atoms with E-state index in [1.165, 1.54) is 0 Å². The fourth-order valence-electron chi connectivity index (χ4n) is 3.95. The molecule has 1 aliphatic heterocycles. The van der Waals surface area contributed by atoms with Crippen LogP contribution in [0.3, 0.4) is 0 Å². The lowest BCUT2D eigenvalue weighted by Gasteiger charge is -2.39. The van der Waals surface area contributed by atoms with Gasteiger partial charge in [0.05, 0.1) is 17.6 Å². The molecule has 134 valence electrons. The molecule has 27 heavy (non-hydrogen) atoms. The van der Waals surface area contributed by atoms with E-state index in [4.69, 9.17) is 17.3 Å². The molecule has 0 fully saturated rings. The summed E-state index contributed by atoms with van der Waals surface area (Å²) in [6, 6.07) is 19.2. The van der Waals surface area contributed by atoms with E-state index in [-0.39, 0.29) is 5.78 Å². The highest BCUT2D eigenvalue weighted by Crippen LogP contribution is 2.46. The summed E-state index contributed by atoms with van der Waals surface area (Å²) in [7, 11) is 0. The van der Waals surface area contributed by atoms with E-state index in [0.717, 1.165) is 29.8 Å². The molecule has 0 aromatic heterocycles. The van der Waals surface area contributed by atoms with Crippen molar-refractivity contribution in [1.29, 1.82) is 5.26 Å². The van der Waals surface area contributed by atoms with Crippen molar-refractivity contribution in [1.82, 2.24) is 0 Å². The number of hydrogen-bond donors (Lipinski definition) is 1. The SMILES string of the molecule is N#CC1=C(N)N(c2ccccc2)C2=C(C(=O)CCC2)C1c1ccc(Cl)cc1. The van der Waals surface area contributed by atoms with Gasteiger partial charge in [-0.05, 0) is 42.7 Å². The number of allylic oxidation sites excluding steroid dienone is 3. The predicted molar refractivity (Wildman–Crippen MR) is 106 cm³/mol. The van der Waals surface area contributed by atoms with Crippen LogP contribution in [0.4, 0.5) is 5.69 Å². The number of anilines is 1. The molecular weight excluding hydrogens is 358 g/mol. The van der Waals surface area contributed by atoms with Gasteiger partial charge in [-0.3, -0.25) is 9.69 Å². The summed E-state index contributed by atoms with van der Waals surface area (Å²) < 4.78 is 0. The Labute approximate surface area is 163 Å². The van der Waals surface area contributed by atoms with Crippen LogP contribution in [0.2, 0.25) is 5.02 Å². The summed E-state index contributed by atoms with van der Waals surface area (Å²) in [6.07, 6.45) is 2.02. The van der Waals surface area contributed by atoms with Gasteiger partial charge in [0, 0.05) is 28.4 Å². The lowest BCUT2D eigenvalue weighted by molar-refractivity contribution is -0.116. The lowest BCUT2D eigenvalue weighted by atomic mass is 9.75. The zero-order valence-corrected chi connectivity index (χ0v) is 15.4. The van der Waals surface area contributed by atoms with Gasteiger partial charge in [0.2, 0.25) is 0 Å². The molecule has 0 amide bonds. The van der Waals surface area contributed by atoms with Crippen molar-refractivity contribution in [3.05, 3.63) is 87.8 Å². The Kier molecular flexibility index (Phi) is 4.47. The molecule has 2 aromatic carbocycles.